The third kappa shape index (κ3) is 3.22. The molecule has 3 rings (SSSR count). The lowest BCUT2D eigenvalue weighted by Gasteiger charge is -2.12. The number of aryl methyl sites for hydroxylation is 2. The number of hydrogen-bond acceptors (Lipinski definition) is 2. The molecule has 0 aliphatic carbocycles. The van der Waals surface area contributed by atoms with Crippen molar-refractivity contribution in [2.45, 2.75) is 13.8 Å². The molecule has 3 aromatic carbocycles. The topological polar surface area (TPSA) is 21.3 Å². The van der Waals surface area contributed by atoms with Gasteiger partial charge in [0.05, 0.1) is 0 Å². The summed E-state index contributed by atoms with van der Waals surface area (Å²) < 4.78 is 5.95. The number of ether oxygens (including phenoxy) is 1. The lowest BCUT2D eigenvalue weighted by Crippen LogP contribution is -2.12. The van der Waals surface area contributed by atoms with Gasteiger partial charge in [-0.05, 0) is 42.5 Å². The number of fused-ring (bicyclic) bond motifs is 1. The highest BCUT2D eigenvalue weighted by Crippen LogP contribution is 2.25. The number of benzene rings is 3. The van der Waals surface area contributed by atoms with Crippen molar-refractivity contribution >= 4 is 16.5 Å². The fourth-order valence-corrected chi connectivity index (χ4v) is 2.59. The van der Waals surface area contributed by atoms with E-state index in [4.69, 9.17) is 4.74 Å². The van der Waals surface area contributed by atoms with Crippen molar-refractivity contribution in [1.82, 2.24) is 0 Å². The Kier molecular flexibility index (Phi) is 4.29. The Bertz CT molecular complexity index is 774. The van der Waals surface area contributed by atoms with Crippen LogP contribution in [0.15, 0.2) is 60.7 Å². The van der Waals surface area contributed by atoms with E-state index in [0.717, 1.165) is 17.7 Å². The van der Waals surface area contributed by atoms with E-state index in [1.807, 2.05) is 24.3 Å². The van der Waals surface area contributed by atoms with Gasteiger partial charge in [-0.15, -0.1) is 0 Å². The minimum atomic E-state index is 0.640. The molecular formula is C20H21NO. The summed E-state index contributed by atoms with van der Waals surface area (Å²) in [5.74, 6) is 0.945. The predicted molar refractivity (Wildman–Crippen MR) is 93.8 cm³/mol. The second-order valence-corrected chi connectivity index (χ2v) is 5.57. The van der Waals surface area contributed by atoms with Crippen molar-refractivity contribution in [2.75, 3.05) is 18.5 Å². The molecule has 0 spiro atoms. The summed E-state index contributed by atoms with van der Waals surface area (Å²) >= 11 is 0. The molecule has 2 heteroatoms. The zero-order chi connectivity index (χ0) is 15.4. The molecule has 0 unspecified atom stereocenters. The maximum Gasteiger partial charge on any atom is 0.127 e. The normalized spacial score (nSPS) is 10.6. The minimum absolute atomic E-state index is 0.640. The van der Waals surface area contributed by atoms with Crippen LogP contribution in [-0.4, -0.2) is 13.2 Å². The lowest BCUT2D eigenvalue weighted by atomic mass is 10.1. The molecule has 0 aliphatic heterocycles. The Hall–Kier alpha value is -2.48. The number of rotatable bonds is 5. The molecule has 0 aromatic heterocycles. The van der Waals surface area contributed by atoms with Crippen molar-refractivity contribution in [1.29, 1.82) is 0 Å². The van der Waals surface area contributed by atoms with Crippen LogP contribution in [0, 0.1) is 13.8 Å². The third-order valence-corrected chi connectivity index (χ3v) is 3.82. The van der Waals surface area contributed by atoms with Crippen LogP contribution >= 0.6 is 0 Å². The van der Waals surface area contributed by atoms with Crippen molar-refractivity contribution < 1.29 is 4.74 Å². The summed E-state index contributed by atoms with van der Waals surface area (Å²) in [5, 5.41) is 5.82. The molecule has 0 radical (unpaired) electrons. The average Bonchev–Trinajstić information content (AvgIpc) is 2.54. The molecule has 0 bridgehead atoms. The van der Waals surface area contributed by atoms with Crippen LogP contribution in [0.1, 0.15) is 11.1 Å². The molecule has 0 heterocycles. The van der Waals surface area contributed by atoms with Gasteiger partial charge in [0.2, 0.25) is 0 Å². The first kappa shape index (κ1) is 14.5. The van der Waals surface area contributed by atoms with E-state index in [2.05, 4.69) is 55.6 Å². The third-order valence-electron chi connectivity index (χ3n) is 3.82. The van der Waals surface area contributed by atoms with E-state index >= 15 is 0 Å². The van der Waals surface area contributed by atoms with Gasteiger partial charge in [0, 0.05) is 17.6 Å². The summed E-state index contributed by atoms with van der Waals surface area (Å²) in [6.07, 6.45) is 0. The van der Waals surface area contributed by atoms with Gasteiger partial charge in [0.1, 0.15) is 12.4 Å². The molecule has 0 saturated carbocycles. The van der Waals surface area contributed by atoms with Crippen LogP contribution in [0.25, 0.3) is 10.8 Å². The van der Waals surface area contributed by atoms with Crippen molar-refractivity contribution in [2.24, 2.45) is 0 Å². The maximum absolute atomic E-state index is 5.95. The standard InChI is InChI=1S/C20H21NO/c1-15-10-11-16(2)19(14-15)21-12-13-22-20-9-5-7-17-6-3-4-8-18(17)20/h3-11,14,21H,12-13H2,1-2H3. The van der Waals surface area contributed by atoms with Gasteiger partial charge < -0.3 is 10.1 Å². The van der Waals surface area contributed by atoms with Crippen molar-refractivity contribution in [3.05, 3.63) is 71.8 Å². The highest BCUT2D eigenvalue weighted by Gasteiger charge is 2.01. The zero-order valence-electron chi connectivity index (χ0n) is 13.1. The van der Waals surface area contributed by atoms with Crippen LogP contribution in [0.3, 0.4) is 0 Å². The summed E-state index contributed by atoms with van der Waals surface area (Å²) in [4.78, 5) is 0. The van der Waals surface area contributed by atoms with E-state index in [9.17, 15) is 0 Å². The Morgan fingerprint density at radius 3 is 2.64 bits per heavy atom. The molecule has 0 amide bonds. The van der Waals surface area contributed by atoms with E-state index in [-0.39, 0.29) is 0 Å². The van der Waals surface area contributed by atoms with E-state index in [1.54, 1.807) is 0 Å². The van der Waals surface area contributed by atoms with Crippen LogP contribution in [-0.2, 0) is 0 Å². The van der Waals surface area contributed by atoms with Crippen molar-refractivity contribution in [3.8, 4) is 5.75 Å². The van der Waals surface area contributed by atoms with Gasteiger partial charge in [0.25, 0.3) is 0 Å². The Morgan fingerprint density at radius 2 is 1.73 bits per heavy atom. The Balaban J connectivity index is 1.62. The Morgan fingerprint density at radius 1 is 0.909 bits per heavy atom. The molecule has 0 saturated heterocycles. The predicted octanol–water partition coefficient (Wildman–Crippen LogP) is 4.95. The molecule has 0 aliphatic rings. The highest BCUT2D eigenvalue weighted by atomic mass is 16.5. The number of nitrogens with one attached hydrogen (secondary N) is 1. The molecule has 1 N–H and O–H groups in total. The second kappa shape index (κ2) is 6.52. The summed E-state index contributed by atoms with van der Waals surface area (Å²) in [6, 6.07) is 20.9. The monoisotopic (exact) mass is 291 g/mol. The Labute approximate surface area is 131 Å². The van der Waals surface area contributed by atoms with Crippen LogP contribution < -0.4 is 10.1 Å². The molecule has 112 valence electrons. The molecule has 2 nitrogen and oxygen atoms in total. The molecule has 0 atom stereocenters. The maximum atomic E-state index is 5.95. The summed E-state index contributed by atoms with van der Waals surface area (Å²) in [7, 11) is 0. The van der Waals surface area contributed by atoms with Crippen molar-refractivity contribution in [3.63, 3.8) is 0 Å². The first-order chi connectivity index (χ1) is 10.7. The van der Waals surface area contributed by atoms with Gasteiger partial charge >= 0.3 is 0 Å². The van der Waals surface area contributed by atoms with Crippen LogP contribution in [0.5, 0.6) is 5.75 Å². The number of anilines is 1. The largest absolute Gasteiger partial charge is 0.491 e. The van der Waals surface area contributed by atoms with Gasteiger partial charge in [-0.1, -0.05) is 48.5 Å². The van der Waals surface area contributed by atoms with Crippen LogP contribution in [0.4, 0.5) is 5.69 Å². The highest BCUT2D eigenvalue weighted by molar-refractivity contribution is 5.88. The van der Waals surface area contributed by atoms with E-state index in [0.29, 0.717) is 6.61 Å². The first-order valence-corrected chi connectivity index (χ1v) is 7.66. The summed E-state index contributed by atoms with van der Waals surface area (Å²) in [5.41, 5.74) is 3.71. The van der Waals surface area contributed by atoms with Gasteiger partial charge in [0.15, 0.2) is 0 Å². The van der Waals surface area contributed by atoms with Crippen LogP contribution in [0.2, 0.25) is 0 Å². The zero-order valence-corrected chi connectivity index (χ0v) is 13.1. The summed E-state index contributed by atoms with van der Waals surface area (Å²) in [6.45, 7) is 5.65. The SMILES string of the molecule is Cc1ccc(C)c(NCCOc2cccc3ccccc23)c1. The number of hydrogen-bond donors (Lipinski definition) is 1. The van der Waals surface area contributed by atoms with E-state index in [1.165, 1.54) is 22.2 Å². The minimum Gasteiger partial charge on any atom is -0.491 e. The van der Waals surface area contributed by atoms with E-state index < -0.39 is 0 Å². The van der Waals surface area contributed by atoms with Gasteiger partial charge in [-0.3, -0.25) is 0 Å². The lowest BCUT2D eigenvalue weighted by molar-refractivity contribution is 0.337. The smallest absolute Gasteiger partial charge is 0.127 e. The second-order valence-electron chi connectivity index (χ2n) is 5.57. The quantitative estimate of drug-likeness (QED) is 0.672. The first-order valence-electron chi connectivity index (χ1n) is 7.66. The fraction of sp³-hybridized carbons (Fsp3) is 0.200. The van der Waals surface area contributed by atoms with Gasteiger partial charge in [-0.2, -0.15) is 0 Å². The molecule has 22 heavy (non-hydrogen) atoms. The molecule has 0 fully saturated rings. The van der Waals surface area contributed by atoms with Gasteiger partial charge in [-0.25, -0.2) is 0 Å². The molecular weight excluding hydrogens is 270 g/mol. The molecule has 3 aromatic rings. The average molecular weight is 291 g/mol. The fourth-order valence-electron chi connectivity index (χ4n) is 2.59.